The smallest absolute Gasteiger partial charge is 0.394 e. The summed E-state index contributed by atoms with van der Waals surface area (Å²) in [6, 6.07) is -0.942. The van der Waals surface area contributed by atoms with Crippen molar-refractivity contribution in [2.45, 2.75) is 429 Å². The first kappa shape index (κ1) is 81.9. The van der Waals surface area contributed by atoms with Crippen molar-refractivity contribution in [3.05, 3.63) is 12.2 Å². The lowest BCUT2D eigenvalue weighted by Gasteiger charge is -2.41. The molecule has 506 valence electrons. The van der Waals surface area contributed by atoms with Gasteiger partial charge in [0.05, 0.1) is 25.4 Å². The van der Waals surface area contributed by atoms with E-state index in [-0.39, 0.29) is 18.9 Å². The van der Waals surface area contributed by atoms with Crippen LogP contribution in [0.3, 0.4) is 0 Å². The lowest BCUT2D eigenvalue weighted by molar-refractivity contribution is -0.298. The van der Waals surface area contributed by atoms with Gasteiger partial charge in [-0.3, -0.25) is 9.35 Å². The number of aliphatic hydroxyl groups excluding tert-OH is 4. The fourth-order valence-corrected chi connectivity index (χ4v) is 12.9. The maximum atomic E-state index is 13.2. The molecular weight excluding hydrogens is 1090 g/mol. The van der Waals surface area contributed by atoms with E-state index in [4.69, 9.17) is 9.47 Å². The Morgan fingerprint density at radius 1 is 0.459 bits per heavy atom. The van der Waals surface area contributed by atoms with Gasteiger partial charge in [-0.2, -0.15) is 8.42 Å². The Labute approximate surface area is 525 Å². The minimum atomic E-state index is -5.09. The van der Waals surface area contributed by atoms with Crippen molar-refractivity contribution >= 4 is 16.3 Å². The highest BCUT2D eigenvalue weighted by Crippen LogP contribution is 2.27. The van der Waals surface area contributed by atoms with Gasteiger partial charge in [-0.1, -0.05) is 373 Å². The van der Waals surface area contributed by atoms with E-state index in [1.54, 1.807) is 6.08 Å². The average molecular weight is 1230 g/mol. The number of aliphatic hydroxyl groups is 4. The highest BCUT2D eigenvalue weighted by atomic mass is 32.3. The molecule has 1 amide bonds. The summed E-state index contributed by atoms with van der Waals surface area (Å²) in [4.78, 5) is 13.2. The third-order valence-corrected chi connectivity index (χ3v) is 18.5. The van der Waals surface area contributed by atoms with E-state index < -0.39 is 59.9 Å². The molecule has 1 aliphatic heterocycles. The van der Waals surface area contributed by atoms with Crippen molar-refractivity contribution in [3.63, 3.8) is 0 Å². The number of carbonyl (C=O) groups is 1. The summed E-state index contributed by atoms with van der Waals surface area (Å²) in [5.74, 6) is -0.252. The number of hydrogen-bond acceptors (Lipinski definition) is 10. The van der Waals surface area contributed by atoms with Gasteiger partial charge in [0, 0.05) is 6.42 Å². The van der Waals surface area contributed by atoms with Gasteiger partial charge in [0.25, 0.3) is 0 Å². The molecule has 0 aromatic carbocycles. The Kier molecular flexibility index (Phi) is 59.4. The normalized spacial score (nSPS) is 18.2. The second kappa shape index (κ2) is 61.7. The van der Waals surface area contributed by atoms with Gasteiger partial charge in [-0.05, 0) is 19.3 Å². The molecule has 1 saturated heterocycles. The largest absolute Gasteiger partial charge is 0.397 e. The number of allylic oxidation sites excluding steroid dienone is 1. The molecule has 85 heavy (non-hydrogen) atoms. The number of hydrogen-bond donors (Lipinski definition) is 6. The van der Waals surface area contributed by atoms with Crippen molar-refractivity contribution in [1.29, 1.82) is 0 Å². The summed E-state index contributed by atoms with van der Waals surface area (Å²) >= 11 is 0. The molecular formula is C72H141NO11S. The number of nitrogens with one attached hydrogen (secondary N) is 1. The first-order chi connectivity index (χ1) is 41.5. The average Bonchev–Trinajstić information content (AvgIpc) is 3.51. The minimum absolute atomic E-state index is 0.252. The Bertz CT molecular complexity index is 1540. The highest BCUT2D eigenvalue weighted by molar-refractivity contribution is 7.80. The van der Waals surface area contributed by atoms with Crippen molar-refractivity contribution < 1.29 is 51.8 Å². The van der Waals surface area contributed by atoms with E-state index >= 15 is 0 Å². The van der Waals surface area contributed by atoms with Crippen LogP contribution >= 0.6 is 0 Å². The molecule has 0 bridgehead atoms. The number of unbranched alkanes of at least 4 members (excludes halogenated alkanes) is 55. The summed E-state index contributed by atoms with van der Waals surface area (Å²) < 4.78 is 48.1. The lowest BCUT2D eigenvalue weighted by Crippen LogP contribution is -2.61. The maximum absolute atomic E-state index is 13.2. The van der Waals surface area contributed by atoms with E-state index in [0.717, 1.165) is 38.5 Å². The van der Waals surface area contributed by atoms with Gasteiger partial charge in [-0.25, -0.2) is 4.18 Å². The zero-order chi connectivity index (χ0) is 61.8. The first-order valence-electron chi connectivity index (χ1n) is 37.1. The van der Waals surface area contributed by atoms with Gasteiger partial charge in [0.15, 0.2) is 6.29 Å². The quantitative estimate of drug-likeness (QED) is 0.0193. The maximum Gasteiger partial charge on any atom is 0.397 e. The Balaban J connectivity index is 2.20. The molecule has 6 N–H and O–H groups in total. The van der Waals surface area contributed by atoms with E-state index in [0.29, 0.717) is 6.42 Å². The van der Waals surface area contributed by atoms with Gasteiger partial charge in [-0.15, -0.1) is 0 Å². The van der Waals surface area contributed by atoms with Crippen molar-refractivity contribution in [2.24, 2.45) is 0 Å². The molecule has 0 spiro atoms. The first-order valence-corrected chi connectivity index (χ1v) is 38.4. The molecule has 7 atom stereocenters. The van der Waals surface area contributed by atoms with Crippen LogP contribution in [0.25, 0.3) is 0 Å². The van der Waals surface area contributed by atoms with Crippen LogP contribution in [-0.4, -0.2) is 95.4 Å². The standard InChI is InChI=1S/C72H141NO11S/c1-3-5-7-9-11-13-15-17-19-21-23-25-27-29-30-31-32-33-34-35-36-38-40-42-44-46-48-50-52-54-56-58-60-62-68(76)73-65(64-82-72-70(78)71(84-85(79,80)81)69(77)67(63-74)83-72)66(75)61-59-57-55-53-51-49-47-45-43-41-39-37-28-26-24-22-20-18-16-14-12-10-8-6-4-2/h59,61,65-67,69-72,74-75,77-78H,3-58,60,62-64H2,1-2H3,(H,73,76)(H,79,80,81)/b61-59+. The topological polar surface area (TPSA) is 192 Å². The van der Waals surface area contributed by atoms with Crippen molar-refractivity contribution in [3.8, 4) is 0 Å². The van der Waals surface area contributed by atoms with Gasteiger partial charge in [0.1, 0.15) is 24.4 Å². The molecule has 12 nitrogen and oxygen atoms in total. The van der Waals surface area contributed by atoms with Gasteiger partial charge >= 0.3 is 10.4 Å². The van der Waals surface area contributed by atoms with Crippen LogP contribution in [0.2, 0.25) is 0 Å². The number of amides is 1. The highest BCUT2D eigenvalue weighted by Gasteiger charge is 2.48. The van der Waals surface area contributed by atoms with Crippen LogP contribution in [0, 0.1) is 0 Å². The molecule has 1 heterocycles. The molecule has 0 saturated carbocycles. The van der Waals surface area contributed by atoms with Crippen LogP contribution in [0.1, 0.15) is 386 Å². The molecule has 13 heteroatoms. The summed E-state index contributed by atoms with van der Waals surface area (Å²) in [6.07, 6.45) is 70.2. The monoisotopic (exact) mass is 1230 g/mol. The molecule has 7 unspecified atom stereocenters. The fourth-order valence-electron chi connectivity index (χ4n) is 12.4. The van der Waals surface area contributed by atoms with Gasteiger partial charge < -0.3 is 35.2 Å². The van der Waals surface area contributed by atoms with E-state index in [2.05, 4.69) is 23.3 Å². The summed E-state index contributed by atoms with van der Waals surface area (Å²) in [5, 5.41) is 45.2. The zero-order valence-electron chi connectivity index (χ0n) is 55.7. The fraction of sp³-hybridized carbons (Fsp3) is 0.958. The van der Waals surface area contributed by atoms with Gasteiger partial charge in [0.2, 0.25) is 5.91 Å². The predicted molar refractivity (Wildman–Crippen MR) is 356 cm³/mol. The van der Waals surface area contributed by atoms with Crippen LogP contribution in [0.5, 0.6) is 0 Å². The molecule has 0 radical (unpaired) electrons. The van der Waals surface area contributed by atoms with Crippen LogP contribution in [0.15, 0.2) is 12.2 Å². The molecule has 1 fully saturated rings. The van der Waals surface area contributed by atoms with Crippen LogP contribution in [0.4, 0.5) is 0 Å². The van der Waals surface area contributed by atoms with E-state index in [9.17, 15) is 38.2 Å². The van der Waals surface area contributed by atoms with Crippen molar-refractivity contribution in [1.82, 2.24) is 5.32 Å². The molecule has 0 aliphatic carbocycles. The molecule has 1 rings (SSSR count). The number of ether oxygens (including phenoxy) is 2. The Morgan fingerprint density at radius 3 is 1.02 bits per heavy atom. The predicted octanol–water partition coefficient (Wildman–Crippen LogP) is 19.7. The summed E-state index contributed by atoms with van der Waals surface area (Å²) in [6.45, 7) is 3.48. The second-order valence-electron chi connectivity index (χ2n) is 26.3. The summed E-state index contributed by atoms with van der Waals surface area (Å²) in [5.41, 5.74) is 0. The van der Waals surface area contributed by atoms with E-state index in [1.807, 2.05) is 6.08 Å². The Morgan fingerprint density at radius 2 is 0.741 bits per heavy atom. The molecule has 0 aromatic rings. The van der Waals surface area contributed by atoms with Crippen molar-refractivity contribution in [2.75, 3.05) is 13.2 Å². The summed E-state index contributed by atoms with van der Waals surface area (Å²) in [7, 11) is -5.09. The Hall–Kier alpha value is -1.16. The SMILES string of the molecule is CCCCCCCCCCCCCCCCCCCCCCCCC/C=C/C(O)C(COC1OC(CO)C(O)C(OS(=O)(=O)O)C1O)NC(=O)CCCCCCCCCCCCCCCCCCCCCCCCCCCCCCCCCCC. The third kappa shape index (κ3) is 53.2. The second-order valence-corrected chi connectivity index (χ2v) is 27.3. The number of rotatable bonds is 67. The van der Waals surface area contributed by atoms with Crippen LogP contribution < -0.4 is 5.32 Å². The lowest BCUT2D eigenvalue weighted by atomic mass is 9.99. The number of carbonyl (C=O) groups excluding carboxylic acids is 1. The zero-order valence-corrected chi connectivity index (χ0v) is 56.5. The molecule has 1 aliphatic rings. The van der Waals surface area contributed by atoms with E-state index in [1.165, 1.54) is 321 Å². The van der Waals surface area contributed by atoms with Crippen LogP contribution in [-0.2, 0) is 28.9 Å². The third-order valence-electron chi connectivity index (χ3n) is 18.1. The molecule has 0 aromatic heterocycles. The minimum Gasteiger partial charge on any atom is -0.394 e.